The quantitative estimate of drug-likeness (QED) is 0.555. The summed E-state index contributed by atoms with van der Waals surface area (Å²) < 4.78 is 21.2. The van der Waals surface area contributed by atoms with Crippen LogP contribution in [0.1, 0.15) is 35.2 Å². The van der Waals surface area contributed by atoms with Crippen LogP contribution in [-0.2, 0) is 0 Å². The number of ketones is 1. The topological polar surface area (TPSA) is 73.4 Å². The molecule has 0 amide bonds. The number of nitrogen functional groups attached to an aromatic ring is 1. The zero-order valence-electron chi connectivity index (χ0n) is 17.2. The van der Waals surface area contributed by atoms with E-state index in [4.69, 9.17) is 10.5 Å². The maximum Gasteiger partial charge on any atom is 0.198 e. The van der Waals surface area contributed by atoms with Crippen molar-refractivity contribution >= 4 is 24.0 Å². The number of nitrogens with two attached hydrogens (primary N) is 1. The van der Waals surface area contributed by atoms with Gasteiger partial charge in [-0.25, -0.2) is 9.07 Å². The molecule has 0 aliphatic carbocycles. The Balaban J connectivity index is 0.00000272. The number of aromatic nitrogens is 2. The van der Waals surface area contributed by atoms with Crippen LogP contribution in [-0.4, -0.2) is 46.7 Å². The summed E-state index contributed by atoms with van der Waals surface area (Å²) in [5, 5.41) is 4.11. The molecule has 0 bridgehead atoms. The summed E-state index contributed by atoms with van der Waals surface area (Å²) >= 11 is 0. The first-order valence-electron chi connectivity index (χ1n) is 10.2. The van der Waals surface area contributed by atoms with Gasteiger partial charge in [-0.1, -0.05) is 30.7 Å². The second-order valence-electron chi connectivity index (χ2n) is 7.41. The first-order chi connectivity index (χ1) is 14.6. The van der Waals surface area contributed by atoms with E-state index < -0.39 is 5.82 Å². The zero-order chi connectivity index (χ0) is 20.9. The van der Waals surface area contributed by atoms with E-state index in [1.165, 1.54) is 36.2 Å². The van der Waals surface area contributed by atoms with Crippen LogP contribution in [0, 0.1) is 5.82 Å². The lowest BCUT2D eigenvalue weighted by atomic mass is 10.1. The first kappa shape index (κ1) is 22.8. The number of ether oxygens (including phenoxy) is 1. The van der Waals surface area contributed by atoms with Crippen molar-refractivity contribution in [2.24, 2.45) is 0 Å². The third kappa shape index (κ3) is 5.24. The van der Waals surface area contributed by atoms with Crippen LogP contribution in [0.2, 0.25) is 0 Å². The number of rotatable bonds is 7. The number of hydrogen-bond acceptors (Lipinski definition) is 5. The number of likely N-dealkylation sites (tertiary alicyclic amines) is 1. The van der Waals surface area contributed by atoms with Gasteiger partial charge < -0.3 is 10.5 Å². The molecular formula is C23H26ClFN4O2. The normalized spacial score (nSPS) is 14.1. The molecule has 0 unspecified atom stereocenters. The SMILES string of the molecule is Cl.Nc1c(C(=O)c2cccc(OCCN3CCCCC3)c2)cnn1-c1ccccc1F. The zero-order valence-corrected chi connectivity index (χ0v) is 18.0. The van der Waals surface area contributed by atoms with Crippen LogP contribution in [0.5, 0.6) is 5.75 Å². The van der Waals surface area contributed by atoms with Gasteiger partial charge in [-0.3, -0.25) is 9.69 Å². The smallest absolute Gasteiger partial charge is 0.198 e. The summed E-state index contributed by atoms with van der Waals surface area (Å²) in [6.07, 6.45) is 5.16. The Labute approximate surface area is 187 Å². The molecule has 2 N–H and O–H groups in total. The summed E-state index contributed by atoms with van der Waals surface area (Å²) in [6, 6.07) is 13.2. The van der Waals surface area contributed by atoms with E-state index in [0.717, 1.165) is 19.6 Å². The largest absolute Gasteiger partial charge is 0.492 e. The maximum absolute atomic E-state index is 14.1. The van der Waals surface area contributed by atoms with Crippen LogP contribution in [0.15, 0.2) is 54.7 Å². The standard InChI is InChI=1S/C23H25FN4O2.ClH/c24-20-9-2-3-10-21(20)28-23(25)19(16-26-28)22(29)17-7-6-8-18(15-17)30-14-13-27-11-4-1-5-12-27;/h2-3,6-10,15-16H,1,4-5,11-14,25H2;1H. The van der Waals surface area contributed by atoms with Crippen molar-refractivity contribution in [2.45, 2.75) is 19.3 Å². The molecule has 1 aromatic heterocycles. The molecule has 8 heteroatoms. The molecule has 0 radical (unpaired) electrons. The van der Waals surface area contributed by atoms with Gasteiger partial charge in [0.25, 0.3) is 0 Å². The molecule has 2 heterocycles. The van der Waals surface area contributed by atoms with Gasteiger partial charge in [0.1, 0.15) is 29.7 Å². The summed E-state index contributed by atoms with van der Waals surface area (Å²) in [5.74, 6) is -0.00795. The molecule has 2 aromatic carbocycles. The highest BCUT2D eigenvalue weighted by Crippen LogP contribution is 2.23. The van der Waals surface area contributed by atoms with E-state index in [-0.39, 0.29) is 35.3 Å². The maximum atomic E-state index is 14.1. The van der Waals surface area contributed by atoms with E-state index in [1.807, 2.05) is 6.07 Å². The average Bonchev–Trinajstić information content (AvgIpc) is 3.15. The fourth-order valence-electron chi connectivity index (χ4n) is 3.71. The van der Waals surface area contributed by atoms with Crippen LogP contribution in [0.4, 0.5) is 10.2 Å². The van der Waals surface area contributed by atoms with Gasteiger partial charge in [0.05, 0.1) is 11.8 Å². The van der Waals surface area contributed by atoms with E-state index in [1.54, 1.807) is 36.4 Å². The number of hydrogen-bond donors (Lipinski definition) is 1. The van der Waals surface area contributed by atoms with Gasteiger partial charge in [-0.15, -0.1) is 12.4 Å². The van der Waals surface area contributed by atoms with Gasteiger partial charge in [0.2, 0.25) is 0 Å². The lowest BCUT2D eigenvalue weighted by molar-refractivity contribution is 0.103. The van der Waals surface area contributed by atoms with Crippen LogP contribution < -0.4 is 10.5 Å². The Bertz CT molecular complexity index is 1030. The molecule has 6 nitrogen and oxygen atoms in total. The van der Waals surface area contributed by atoms with Gasteiger partial charge in [-0.05, 0) is 50.2 Å². The minimum absolute atomic E-state index is 0. The summed E-state index contributed by atoms with van der Waals surface area (Å²) in [4.78, 5) is 15.4. The van der Waals surface area contributed by atoms with Gasteiger partial charge in [0.15, 0.2) is 5.78 Å². The monoisotopic (exact) mass is 444 g/mol. The highest BCUT2D eigenvalue weighted by atomic mass is 35.5. The molecule has 1 saturated heterocycles. The predicted molar refractivity (Wildman–Crippen MR) is 121 cm³/mol. The Hall–Kier alpha value is -2.90. The minimum Gasteiger partial charge on any atom is -0.492 e. The number of carbonyl (C=O) groups is 1. The second kappa shape index (κ2) is 10.4. The molecule has 164 valence electrons. The van der Waals surface area contributed by atoms with Crippen molar-refractivity contribution < 1.29 is 13.9 Å². The highest BCUT2D eigenvalue weighted by Gasteiger charge is 2.19. The molecule has 3 aromatic rings. The molecule has 4 rings (SSSR count). The molecule has 1 aliphatic heterocycles. The van der Waals surface area contributed by atoms with Crippen molar-refractivity contribution in [1.29, 1.82) is 0 Å². The number of anilines is 1. The molecule has 0 atom stereocenters. The number of para-hydroxylation sites is 1. The lowest BCUT2D eigenvalue weighted by Gasteiger charge is -2.26. The average molecular weight is 445 g/mol. The Morgan fingerprint density at radius 1 is 1.10 bits per heavy atom. The number of nitrogens with zero attached hydrogens (tertiary/aromatic N) is 3. The Morgan fingerprint density at radius 3 is 2.65 bits per heavy atom. The van der Waals surface area contributed by atoms with Gasteiger partial charge in [-0.2, -0.15) is 5.10 Å². The summed E-state index contributed by atoms with van der Waals surface area (Å²) in [5.41, 5.74) is 6.99. The van der Waals surface area contributed by atoms with E-state index in [9.17, 15) is 9.18 Å². The fraction of sp³-hybridized carbons (Fsp3) is 0.304. The second-order valence-corrected chi connectivity index (χ2v) is 7.41. The number of halogens is 2. The third-order valence-electron chi connectivity index (χ3n) is 5.35. The lowest BCUT2D eigenvalue weighted by Crippen LogP contribution is -2.33. The van der Waals surface area contributed by atoms with Crippen molar-refractivity contribution in [1.82, 2.24) is 14.7 Å². The van der Waals surface area contributed by atoms with Crippen LogP contribution in [0.3, 0.4) is 0 Å². The number of carbonyl (C=O) groups excluding carboxylic acids is 1. The van der Waals surface area contributed by atoms with E-state index in [2.05, 4.69) is 10.00 Å². The predicted octanol–water partition coefficient (Wildman–Crippen LogP) is 4.11. The van der Waals surface area contributed by atoms with E-state index >= 15 is 0 Å². The first-order valence-corrected chi connectivity index (χ1v) is 10.2. The summed E-state index contributed by atoms with van der Waals surface area (Å²) in [7, 11) is 0. The fourth-order valence-corrected chi connectivity index (χ4v) is 3.71. The number of benzene rings is 2. The molecule has 0 saturated carbocycles. The van der Waals surface area contributed by atoms with Crippen molar-refractivity contribution in [2.75, 3.05) is 32.0 Å². The molecular weight excluding hydrogens is 419 g/mol. The summed E-state index contributed by atoms with van der Waals surface area (Å²) in [6.45, 7) is 3.69. The Kier molecular flexibility index (Phi) is 7.65. The van der Waals surface area contributed by atoms with Crippen molar-refractivity contribution in [3.05, 3.63) is 71.7 Å². The molecule has 0 spiro atoms. The van der Waals surface area contributed by atoms with Crippen LogP contribution >= 0.6 is 12.4 Å². The number of piperidine rings is 1. The van der Waals surface area contributed by atoms with Crippen molar-refractivity contribution in [3.63, 3.8) is 0 Å². The third-order valence-corrected chi connectivity index (χ3v) is 5.35. The van der Waals surface area contributed by atoms with Gasteiger partial charge in [0, 0.05) is 12.1 Å². The molecule has 1 fully saturated rings. The van der Waals surface area contributed by atoms with E-state index in [0.29, 0.717) is 17.9 Å². The van der Waals surface area contributed by atoms with Gasteiger partial charge >= 0.3 is 0 Å². The Morgan fingerprint density at radius 2 is 1.87 bits per heavy atom. The van der Waals surface area contributed by atoms with Crippen molar-refractivity contribution in [3.8, 4) is 11.4 Å². The molecule has 1 aliphatic rings. The molecule has 31 heavy (non-hydrogen) atoms. The minimum atomic E-state index is -0.463. The highest BCUT2D eigenvalue weighted by molar-refractivity contribution is 6.11. The van der Waals surface area contributed by atoms with Crippen LogP contribution in [0.25, 0.3) is 5.69 Å².